The van der Waals surface area contributed by atoms with Gasteiger partial charge < -0.3 is 29.5 Å². The number of sulfonamides is 1. The zero-order chi connectivity index (χ0) is 32.0. The predicted molar refractivity (Wildman–Crippen MR) is 165 cm³/mol. The van der Waals surface area contributed by atoms with Crippen molar-refractivity contribution in [1.29, 1.82) is 0 Å². The number of ether oxygens (including phenoxy) is 3. The number of methoxy groups -OCH3 is 1. The van der Waals surface area contributed by atoms with Gasteiger partial charge in [-0.3, -0.25) is 0 Å². The molecule has 0 radical (unpaired) electrons. The number of hydrogen-bond donors (Lipinski definition) is 2. The quantitative estimate of drug-likeness (QED) is 0.319. The second kappa shape index (κ2) is 14.6. The highest BCUT2D eigenvalue weighted by Gasteiger charge is 2.49. The molecule has 11 nitrogen and oxygen atoms in total. The van der Waals surface area contributed by atoms with Crippen LogP contribution in [0.2, 0.25) is 0 Å². The van der Waals surface area contributed by atoms with Crippen LogP contribution in [0.15, 0.2) is 59.5 Å². The third-order valence-corrected chi connectivity index (χ3v) is 9.72. The zero-order valence-electron chi connectivity index (χ0n) is 26.1. The average Bonchev–Trinajstić information content (AvgIpc) is 3.48. The summed E-state index contributed by atoms with van der Waals surface area (Å²) in [5.74, 6) is 0.780. The molecule has 1 aliphatic carbocycles. The second-order valence-electron chi connectivity index (χ2n) is 12.4. The van der Waals surface area contributed by atoms with Gasteiger partial charge in [0, 0.05) is 32.5 Å². The first-order valence-corrected chi connectivity index (χ1v) is 16.6. The van der Waals surface area contributed by atoms with Crippen molar-refractivity contribution in [2.45, 2.75) is 82.2 Å². The molecule has 44 heavy (non-hydrogen) atoms. The van der Waals surface area contributed by atoms with Crippen LogP contribution in [0.1, 0.15) is 46.1 Å². The second-order valence-corrected chi connectivity index (χ2v) is 14.4. The molecule has 2 aromatic rings. The highest BCUT2D eigenvalue weighted by Crippen LogP contribution is 2.35. The Kier molecular flexibility index (Phi) is 11.1. The van der Waals surface area contributed by atoms with Crippen molar-refractivity contribution in [3.8, 4) is 5.75 Å². The van der Waals surface area contributed by atoms with Crippen molar-refractivity contribution in [2.24, 2.45) is 11.8 Å². The Balaban J connectivity index is 1.47. The summed E-state index contributed by atoms with van der Waals surface area (Å²) in [7, 11) is -2.46. The van der Waals surface area contributed by atoms with Crippen LogP contribution in [0.25, 0.3) is 0 Å². The molecule has 0 unspecified atom stereocenters. The third-order valence-electron chi connectivity index (χ3n) is 7.87. The number of aliphatic hydroxyl groups excluding tert-OH is 1. The maximum Gasteiger partial charge on any atom is 0.410 e. The molecule has 1 heterocycles. The Morgan fingerprint density at radius 2 is 1.73 bits per heavy atom. The number of amides is 2. The Bertz CT molecular complexity index is 1350. The minimum Gasteiger partial charge on any atom is -0.497 e. The van der Waals surface area contributed by atoms with Crippen molar-refractivity contribution < 1.29 is 37.3 Å². The molecule has 2 amide bonds. The highest BCUT2D eigenvalue weighted by atomic mass is 32.2. The van der Waals surface area contributed by atoms with Crippen LogP contribution in [0.5, 0.6) is 5.75 Å². The molecule has 0 spiro atoms. The first-order chi connectivity index (χ1) is 20.9. The van der Waals surface area contributed by atoms with E-state index in [-0.39, 0.29) is 54.5 Å². The molecule has 2 N–H and O–H groups in total. The van der Waals surface area contributed by atoms with E-state index in [9.17, 15) is 23.1 Å². The summed E-state index contributed by atoms with van der Waals surface area (Å²) >= 11 is 0. The monoisotopic (exact) mass is 631 g/mol. The van der Waals surface area contributed by atoms with Gasteiger partial charge in [-0.15, -0.1) is 0 Å². The summed E-state index contributed by atoms with van der Waals surface area (Å²) < 4.78 is 45.1. The molecule has 1 saturated carbocycles. The topological polar surface area (TPSA) is 135 Å². The van der Waals surface area contributed by atoms with Crippen molar-refractivity contribution in [2.75, 3.05) is 26.7 Å². The van der Waals surface area contributed by atoms with Crippen LogP contribution >= 0.6 is 0 Å². The lowest BCUT2D eigenvalue weighted by molar-refractivity contribution is 0.0613. The smallest absolute Gasteiger partial charge is 0.410 e. The van der Waals surface area contributed by atoms with E-state index in [4.69, 9.17) is 14.2 Å². The third kappa shape index (κ3) is 8.42. The summed E-state index contributed by atoms with van der Waals surface area (Å²) in [5.41, 5.74) is 0.858. The zero-order valence-corrected chi connectivity index (χ0v) is 26.9. The van der Waals surface area contributed by atoms with E-state index in [2.05, 4.69) is 5.32 Å². The van der Waals surface area contributed by atoms with Crippen molar-refractivity contribution in [3.05, 3.63) is 60.2 Å². The predicted octanol–water partition coefficient (Wildman–Crippen LogP) is 4.05. The van der Waals surface area contributed by atoms with Gasteiger partial charge in [-0.1, -0.05) is 58.0 Å². The van der Waals surface area contributed by atoms with E-state index in [1.165, 1.54) is 23.5 Å². The number of benzene rings is 2. The number of carbonyl (C=O) groups excluding carboxylic acids is 2. The van der Waals surface area contributed by atoms with Crippen LogP contribution in [0.4, 0.5) is 9.59 Å². The number of hydrogen-bond acceptors (Lipinski definition) is 8. The van der Waals surface area contributed by atoms with Gasteiger partial charge in [0.05, 0.1) is 30.2 Å². The van der Waals surface area contributed by atoms with Gasteiger partial charge in [-0.05, 0) is 48.1 Å². The largest absolute Gasteiger partial charge is 0.497 e. The lowest BCUT2D eigenvalue weighted by atomic mass is 10.0. The fourth-order valence-corrected chi connectivity index (χ4v) is 7.44. The Morgan fingerprint density at radius 1 is 1.05 bits per heavy atom. The summed E-state index contributed by atoms with van der Waals surface area (Å²) in [6.45, 7) is 8.35. The molecule has 242 valence electrons. The molecule has 4 rings (SSSR count). The summed E-state index contributed by atoms with van der Waals surface area (Å²) in [5, 5.41) is 14.3. The number of aliphatic hydroxyl groups is 1. The van der Waals surface area contributed by atoms with E-state index >= 15 is 0 Å². The van der Waals surface area contributed by atoms with Gasteiger partial charge in [-0.25, -0.2) is 18.0 Å². The van der Waals surface area contributed by atoms with Gasteiger partial charge in [0.2, 0.25) is 10.0 Å². The highest BCUT2D eigenvalue weighted by molar-refractivity contribution is 7.89. The average molecular weight is 632 g/mol. The van der Waals surface area contributed by atoms with Gasteiger partial charge >= 0.3 is 12.2 Å². The van der Waals surface area contributed by atoms with Crippen LogP contribution < -0.4 is 10.1 Å². The molecule has 0 bridgehead atoms. The van der Waals surface area contributed by atoms with Crippen LogP contribution in [0.3, 0.4) is 0 Å². The molecular formula is C32H45N3O8S. The lowest BCUT2D eigenvalue weighted by Crippen LogP contribution is -2.51. The van der Waals surface area contributed by atoms with Crippen LogP contribution in [-0.2, 0) is 25.9 Å². The fraction of sp³-hybridized carbons (Fsp3) is 0.562. The molecule has 5 atom stereocenters. The minimum atomic E-state index is -3.97. The Labute approximate surface area is 260 Å². The van der Waals surface area contributed by atoms with E-state index in [0.29, 0.717) is 25.1 Å². The number of nitrogens with zero attached hydrogens (tertiary/aromatic N) is 2. The van der Waals surface area contributed by atoms with Gasteiger partial charge in [0.25, 0.3) is 0 Å². The minimum absolute atomic E-state index is 0.0214. The number of rotatable bonds is 14. The molecule has 2 aromatic carbocycles. The molecule has 12 heteroatoms. The number of nitrogens with one attached hydrogen (secondary N) is 1. The van der Waals surface area contributed by atoms with E-state index in [0.717, 1.165) is 5.56 Å². The lowest BCUT2D eigenvalue weighted by Gasteiger charge is -2.31. The molecular weight excluding hydrogens is 586 g/mol. The Morgan fingerprint density at radius 3 is 2.34 bits per heavy atom. The van der Waals surface area contributed by atoms with Crippen LogP contribution in [0, 0.1) is 11.8 Å². The van der Waals surface area contributed by atoms with Crippen molar-refractivity contribution >= 4 is 22.2 Å². The maximum absolute atomic E-state index is 13.7. The van der Waals surface area contributed by atoms with Crippen molar-refractivity contribution in [1.82, 2.24) is 14.5 Å². The number of carbonyl (C=O) groups is 2. The van der Waals surface area contributed by atoms with Gasteiger partial charge in [-0.2, -0.15) is 4.31 Å². The van der Waals surface area contributed by atoms with E-state index < -0.39 is 34.4 Å². The van der Waals surface area contributed by atoms with Crippen LogP contribution in [-0.4, -0.2) is 92.1 Å². The summed E-state index contributed by atoms with van der Waals surface area (Å²) in [6, 6.07) is 14.4. The number of fused-ring (bicyclic) bond motifs is 1. The fourth-order valence-electron chi connectivity index (χ4n) is 5.82. The molecule has 2 fully saturated rings. The van der Waals surface area contributed by atoms with Gasteiger partial charge in [0.1, 0.15) is 18.0 Å². The molecule has 1 aliphatic heterocycles. The number of alkyl carbamates (subject to hydrolysis) is 1. The maximum atomic E-state index is 13.7. The molecule has 2 aliphatic rings. The van der Waals surface area contributed by atoms with Gasteiger partial charge in [0.15, 0.2) is 0 Å². The standard InChI is InChI=1S/C32H45N3O8S/c1-21(2)18-34(44(39,40)26-13-11-24(41-5)12-14-26)20-29(36)27(15-23-9-7-6-8-10-23)33-31(37)42-25-16-28-30(17-25)43-32(38)35(28)19-22(3)4/h6-14,21-22,25,27-30,36H,15-20H2,1-5H3,(H,33,37)/t25-,27+,28+,29-,30-/m1/s1. The van der Waals surface area contributed by atoms with E-state index in [1.807, 2.05) is 58.0 Å². The molecule has 1 saturated heterocycles. The SMILES string of the molecule is COc1ccc(S(=O)(=O)N(CC(C)C)C[C@@H](O)[C@H](Cc2ccccc2)NC(=O)O[C@H]2C[C@H]3OC(=O)N(CC(C)C)[C@H]3C2)cc1. The molecule has 0 aromatic heterocycles. The normalized spacial score (nSPS) is 21.3. The Hall–Kier alpha value is -3.35. The summed E-state index contributed by atoms with van der Waals surface area (Å²) in [4.78, 5) is 27.3. The first-order valence-electron chi connectivity index (χ1n) is 15.2. The first kappa shape index (κ1) is 33.5. The van der Waals surface area contributed by atoms with Crippen molar-refractivity contribution in [3.63, 3.8) is 0 Å². The summed E-state index contributed by atoms with van der Waals surface area (Å²) in [6.07, 6.45) is -1.99. The van der Waals surface area contributed by atoms with E-state index in [1.54, 1.807) is 17.0 Å².